The lowest BCUT2D eigenvalue weighted by atomic mass is 10.4. The zero-order chi connectivity index (χ0) is 11.8. The van der Waals surface area contributed by atoms with E-state index in [1.54, 1.807) is 0 Å². The summed E-state index contributed by atoms with van der Waals surface area (Å²) in [6.07, 6.45) is 5.31. The maximum atomic E-state index is 4.48. The van der Waals surface area contributed by atoms with Gasteiger partial charge in [0.2, 0.25) is 0 Å². The van der Waals surface area contributed by atoms with Gasteiger partial charge in [0.15, 0.2) is 10.8 Å². The molecule has 4 nitrogen and oxygen atoms in total. The third kappa shape index (κ3) is 2.04. The second-order valence-corrected chi connectivity index (χ2v) is 5.91. The van der Waals surface area contributed by atoms with Crippen LogP contribution in [-0.4, -0.2) is 24.8 Å². The average Bonchev–Trinajstić information content (AvgIpc) is 2.88. The number of thioether (sulfide) groups is 1. The van der Waals surface area contributed by atoms with Gasteiger partial charge in [-0.1, -0.05) is 24.6 Å². The fourth-order valence-electron chi connectivity index (χ4n) is 2.43. The van der Waals surface area contributed by atoms with Crippen molar-refractivity contribution in [1.82, 2.24) is 19.6 Å². The van der Waals surface area contributed by atoms with Gasteiger partial charge in [-0.2, -0.15) is 0 Å². The van der Waals surface area contributed by atoms with Crippen LogP contribution in [0.2, 0.25) is 0 Å². The van der Waals surface area contributed by atoms with Crippen molar-refractivity contribution in [2.75, 3.05) is 0 Å². The Labute approximate surface area is 105 Å². The van der Waals surface area contributed by atoms with Crippen LogP contribution in [0.5, 0.6) is 0 Å². The highest BCUT2D eigenvalue weighted by Gasteiger charge is 2.19. The molecular weight excluding hydrogens is 232 g/mol. The van der Waals surface area contributed by atoms with E-state index in [4.69, 9.17) is 0 Å². The third-order valence-electron chi connectivity index (χ3n) is 3.23. The Kier molecular flexibility index (Phi) is 2.78. The van der Waals surface area contributed by atoms with Crippen molar-refractivity contribution in [2.45, 2.75) is 49.9 Å². The minimum Gasteiger partial charge on any atom is -0.258 e. The lowest BCUT2D eigenvalue weighted by Gasteiger charge is -2.07. The highest BCUT2D eigenvalue weighted by atomic mass is 32.2. The van der Waals surface area contributed by atoms with Crippen LogP contribution in [0.15, 0.2) is 11.2 Å². The summed E-state index contributed by atoms with van der Waals surface area (Å²) in [4.78, 5) is 4.48. The van der Waals surface area contributed by atoms with Crippen molar-refractivity contribution < 1.29 is 0 Å². The fraction of sp³-hybridized carbons (Fsp3) is 0.583. The van der Waals surface area contributed by atoms with Crippen LogP contribution in [-0.2, 0) is 0 Å². The highest BCUT2D eigenvalue weighted by Crippen LogP contribution is 2.34. The van der Waals surface area contributed by atoms with Gasteiger partial charge >= 0.3 is 0 Å². The van der Waals surface area contributed by atoms with Gasteiger partial charge in [-0.05, 0) is 26.7 Å². The van der Waals surface area contributed by atoms with Crippen LogP contribution in [0.1, 0.15) is 37.2 Å². The van der Waals surface area contributed by atoms with E-state index in [2.05, 4.69) is 19.6 Å². The van der Waals surface area contributed by atoms with E-state index in [0.29, 0.717) is 5.25 Å². The summed E-state index contributed by atoms with van der Waals surface area (Å²) in [5.74, 6) is 0.977. The normalized spacial score (nSPS) is 17.1. The van der Waals surface area contributed by atoms with E-state index in [9.17, 15) is 0 Å². The van der Waals surface area contributed by atoms with Gasteiger partial charge < -0.3 is 0 Å². The first-order valence-corrected chi connectivity index (χ1v) is 6.98. The molecule has 0 amide bonds. The summed E-state index contributed by atoms with van der Waals surface area (Å²) < 4.78 is 2.07. The number of aromatic nitrogens is 4. The molecule has 2 heterocycles. The standard InChI is InChI=1S/C12H16N4S/c1-8-7-11-14-15-12(16(11)9(2)13-8)17-10-5-3-4-6-10/h7,10H,3-6H2,1-2H3. The van der Waals surface area contributed by atoms with E-state index in [1.165, 1.54) is 25.7 Å². The van der Waals surface area contributed by atoms with Crippen LogP contribution in [0, 0.1) is 13.8 Å². The van der Waals surface area contributed by atoms with Gasteiger partial charge in [-0.3, -0.25) is 4.40 Å². The summed E-state index contributed by atoms with van der Waals surface area (Å²) in [7, 11) is 0. The fourth-order valence-corrected chi connectivity index (χ4v) is 3.72. The first-order chi connectivity index (χ1) is 8.24. The topological polar surface area (TPSA) is 43.1 Å². The van der Waals surface area contributed by atoms with Crippen LogP contribution < -0.4 is 0 Å². The highest BCUT2D eigenvalue weighted by molar-refractivity contribution is 7.99. The molecule has 0 aromatic carbocycles. The molecule has 0 atom stereocenters. The van der Waals surface area contributed by atoms with Crippen LogP contribution in [0.4, 0.5) is 0 Å². The Bertz CT molecular complexity index is 543. The van der Waals surface area contributed by atoms with Crippen molar-refractivity contribution in [3.05, 3.63) is 17.6 Å². The molecule has 0 radical (unpaired) electrons. The molecule has 1 aliphatic carbocycles. The van der Waals surface area contributed by atoms with E-state index in [0.717, 1.165) is 22.3 Å². The minimum atomic E-state index is 0.711. The quantitative estimate of drug-likeness (QED) is 0.819. The molecule has 0 N–H and O–H groups in total. The zero-order valence-corrected chi connectivity index (χ0v) is 11.0. The Morgan fingerprint density at radius 1 is 1.24 bits per heavy atom. The predicted octanol–water partition coefficient (Wildman–Crippen LogP) is 2.78. The van der Waals surface area contributed by atoms with Crippen molar-refractivity contribution >= 4 is 17.4 Å². The Hall–Kier alpha value is -1.10. The smallest absolute Gasteiger partial charge is 0.197 e. The van der Waals surface area contributed by atoms with Crippen LogP contribution >= 0.6 is 11.8 Å². The number of fused-ring (bicyclic) bond motifs is 1. The maximum Gasteiger partial charge on any atom is 0.197 e. The monoisotopic (exact) mass is 248 g/mol. The van der Waals surface area contributed by atoms with E-state index >= 15 is 0 Å². The molecule has 0 bridgehead atoms. The molecule has 17 heavy (non-hydrogen) atoms. The minimum absolute atomic E-state index is 0.711. The van der Waals surface area contributed by atoms with Crippen molar-refractivity contribution in [2.24, 2.45) is 0 Å². The van der Waals surface area contributed by atoms with E-state index < -0.39 is 0 Å². The lowest BCUT2D eigenvalue weighted by Crippen LogP contribution is -2.01. The molecule has 1 aliphatic rings. The van der Waals surface area contributed by atoms with Gasteiger partial charge in [0.05, 0.1) is 0 Å². The van der Waals surface area contributed by atoms with Crippen LogP contribution in [0.25, 0.3) is 5.65 Å². The van der Waals surface area contributed by atoms with Gasteiger partial charge in [-0.25, -0.2) is 4.98 Å². The predicted molar refractivity (Wildman–Crippen MR) is 68.4 cm³/mol. The number of hydrogen-bond acceptors (Lipinski definition) is 4. The summed E-state index contributed by atoms with van der Waals surface area (Å²) in [6.45, 7) is 4.01. The number of hydrogen-bond donors (Lipinski definition) is 0. The van der Waals surface area contributed by atoms with E-state index in [1.807, 2.05) is 31.7 Å². The SMILES string of the molecule is Cc1cc2nnc(SC3CCCC3)n2c(C)n1. The number of nitrogens with zero attached hydrogens (tertiary/aromatic N) is 4. The Morgan fingerprint density at radius 2 is 2.00 bits per heavy atom. The largest absolute Gasteiger partial charge is 0.258 e. The summed E-state index contributed by atoms with van der Waals surface area (Å²) >= 11 is 1.86. The Balaban J connectivity index is 1.99. The van der Waals surface area contributed by atoms with Crippen molar-refractivity contribution in [1.29, 1.82) is 0 Å². The number of aryl methyl sites for hydroxylation is 2. The Morgan fingerprint density at radius 3 is 2.76 bits per heavy atom. The van der Waals surface area contributed by atoms with E-state index in [-0.39, 0.29) is 0 Å². The second-order valence-electron chi connectivity index (χ2n) is 4.65. The maximum absolute atomic E-state index is 4.48. The van der Waals surface area contributed by atoms with Gasteiger partial charge in [0.25, 0.3) is 0 Å². The zero-order valence-electron chi connectivity index (χ0n) is 10.2. The molecule has 0 spiro atoms. The molecule has 2 aromatic heterocycles. The summed E-state index contributed by atoms with van der Waals surface area (Å²) in [5, 5.41) is 10.2. The molecule has 5 heteroatoms. The molecule has 0 unspecified atom stereocenters. The lowest BCUT2D eigenvalue weighted by molar-refractivity contribution is 0.835. The second kappa shape index (κ2) is 4.29. The summed E-state index contributed by atoms with van der Waals surface area (Å²) in [5.41, 5.74) is 1.91. The molecule has 90 valence electrons. The number of rotatable bonds is 2. The molecule has 0 saturated heterocycles. The summed E-state index contributed by atoms with van der Waals surface area (Å²) in [6, 6.07) is 1.98. The van der Waals surface area contributed by atoms with Gasteiger partial charge in [0, 0.05) is 17.0 Å². The average molecular weight is 248 g/mol. The molecular formula is C12H16N4S. The molecule has 2 aromatic rings. The van der Waals surface area contributed by atoms with Crippen LogP contribution in [0.3, 0.4) is 0 Å². The molecule has 1 fully saturated rings. The first kappa shape index (κ1) is 11.0. The van der Waals surface area contributed by atoms with Gasteiger partial charge in [0.1, 0.15) is 5.82 Å². The first-order valence-electron chi connectivity index (χ1n) is 6.10. The molecule has 1 saturated carbocycles. The van der Waals surface area contributed by atoms with Crippen molar-refractivity contribution in [3.8, 4) is 0 Å². The van der Waals surface area contributed by atoms with Gasteiger partial charge in [-0.15, -0.1) is 10.2 Å². The molecule has 3 rings (SSSR count). The molecule has 0 aliphatic heterocycles. The van der Waals surface area contributed by atoms with Crippen molar-refractivity contribution in [3.63, 3.8) is 0 Å². The third-order valence-corrected chi connectivity index (χ3v) is 4.51.